The van der Waals surface area contributed by atoms with Gasteiger partial charge in [0.2, 0.25) is 10.0 Å². The van der Waals surface area contributed by atoms with E-state index in [9.17, 15) is 21.2 Å². The van der Waals surface area contributed by atoms with Crippen LogP contribution in [0.1, 0.15) is 19.8 Å². The molecule has 120 valence electrons. The molecule has 1 atom stereocenters. The Bertz CT molecular complexity index is 704. The Morgan fingerprint density at radius 2 is 1.90 bits per heavy atom. The van der Waals surface area contributed by atoms with Crippen LogP contribution in [0, 0.1) is 5.82 Å². The number of hydrogen-bond acceptors (Lipinski definition) is 4. The molecule has 21 heavy (non-hydrogen) atoms. The van der Waals surface area contributed by atoms with Crippen molar-refractivity contribution in [1.82, 2.24) is 4.72 Å². The fourth-order valence-corrected chi connectivity index (χ4v) is 4.35. The van der Waals surface area contributed by atoms with Crippen molar-refractivity contribution < 1.29 is 21.2 Å². The summed E-state index contributed by atoms with van der Waals surface area (Å²) in [4.78, 5) is -0.978. The minimum absolute atomic E-state index is 0.0709. The molecule has 0 spiro atoms. The highest BCUT2D eigenvalue weighted by atomic mass is 79.9. The van der Waals surface area contributed by atoms with Crippen LogP contribution >= 0.6 is 15.9 Å². The normalized spacial score (nSPS) is 14.1. The van der Waals surface area contributed by atoms with Gasteiger partial charge in [0.15, 0.2) is 9.84 Å². The van der Waals surface area contributed by atoms with Gasteiger partial charge >= 0.3 is 0 Å². The highest BCUT2D eigenvalue weighted by Crippen LogP contribution is 2.20. The molecular weight excluding hydrogens is 385 g/mol. The van der Waals surface area contributed by atoms with Crippen molar-refractivity contribution in [1.29, 1.82) is 0 Å². The number of sulfone groups is 1. The molecule has 0 bridgehead atoms. The lowest BCUT2D eigenvalue weighted by molar-refractivity contribution is 0.553. The fourth-order valence-electron chi connectivity index (χ4n) is 1.61. The summed E-state index contributed by atoms with van der Waals surface area (Å²) >= 11 is 3.31. The Balaban J connectivity index is 3.08. The molecule has 0 saturated heterocycles. The van der Waals surface area contributed by atoms with Crippen molar-refractivity contribution in [3.8, 4) is 0 Å². The summed E-state index contributed by atoms with van der Waals surface area (Å²) in [5.74, 6) is -0.989. The molecule has 0 fully saturated rings. The predicted octanol–water partition coefficient (Wildman–Crippen LogP) is 2.07. The molecule has 0 radical (unpaired) electrons. The third-order valence-corrected chi connectivity index (χ3v) is 6.05. The predicted molar refractivity (Wildman–Crippen MR) is 82.3 cm³/mol. The molecular formula is C12H17BrFNO4S2. The van der Waals surface area contributed by atoms with Crippen LogP contribution < -0.4 is 4.72 Å². The lowest BCUT2D eigenvalue weighted by Gasteiger charge is -2.12. The molecule has 0 aliphatic rings. The summed E-state index contributed by atoms with van der Waals surface area (Å²) in [5, 5.41) is 0. The van der Waals surface area contributed by atoms with E-state index in [1.165, 1.54) is 0 Å². The first-order valence-corrected chi connectivity index (χ1v) is 10.5. The molecule has 1 aromatic rings. The highest BCUT2D eigenvalue weighted by Gasteiger charge is 2.22. The lowest BCUT2D eigenvalue weighted by Crippen LogP contribution is -2.30. The molecule has 0 saturated carbocycles. The van der Waals surface area contributed by atoms with Crippen molar-refractivity contribution in [3.63, 3.8) is 0 Å². The average molecular weight is 402 g/mol. The Morgan fingerprint density at radius 1 is 1.29 bits per heavy atom. The molecule has 0 aromatic heterocycles. The molecule has 1 unspecified atom stereocenters. The monoisotopic (exact) mass is 401 g/mol. The summed E-state index contributed by atoms with van der Waals surface area (Å²) < 4.78 is 63.0. The van der Waals surface area contributed by atoms with E-state index < -0.39 is 30.6 Å². The molecule has 5 nitrogen and oxygen atoms in total. The van der Waals surface area contributed by atoms with E-state index >= 15 is 0 Å². The Hall–Kier alpha value is -0.510. The van der Waals surface area contributed by atoms with Gasteiger partial charge in [-0.05, 0) is 24.6 Å². The van der Waals surface area contributed by atoms with Crippen molar-refractivity contribution in [2.24, 2.45) is 0 Å². The van der Waals surface area contributed by atoms with Crippen LogP contribution in [0.2, 0.25) is 0 Å². The maximum Gasteiger partial charge on any atom is 0.243 e. The van der Waals surface area contributed by atoms with Crippen molar-refractivity contribution >= 4 is 35.8 Å². The van der Waals surface area contributed by atoms with Gasteiger partial charge < -0.3 is 0 Å². The van der Waals surface area contributed by atoms with E-state index in [1.807, 2.05) is 6.92 Å². The highest BCUT2D eigenvalue weighted by molar-refractivity contribution is 9.09. The van der Waals surface area contributed by atoms with Gasteiger partial charge in [-0.1, -0.05) is 29.3 Å². The zero-order valence-corrected chi connectivity index (χ0v) is 14.9. The Morgan fingerprint density at radius 3 is 2.43 bits per heavy atom. The van der Waals surface area contributed by atoms with Crippen LogP contribution in [-0.4, -0.2) is 34.5 Å². The molecule has 0 heterocycles. The first kappa shape index (κ1) is 18.5. The minimum Gasteiger partial charge on any atom is -0.224 e. The molecule has 1 aromatic carbocycles. The zero-order valence-electron chi connectivity index (χ0n) is 11.6. The van der Waals surface area contributed by atoms with Crippen LogP contribution in [0.15, 0.2) is 28.0 Å². The second kappa shape index (κ2) is 7.17. The van der Waals surface area contributed by atoms with Crippen molar-refractivity contribution in [2.45, 2.75) is 34.4 Å². The summed E-state index contributed by atoms with van der Waals surface area (Å²) in [7, 11) is -7.72. The van der Waals surface area contributed by atoms with Crippen LogP contribution in [0.4, 0.5) is 4.39 Å². The van der Waals surface area contributed by atoms with Crippen LogP contribution in [-0.2, 0) is 19.9 Å². The van der Waals surface area contributed by atoms with Gasteiger partial charge in [0, 0.05) is 17.6 Å². The molecule has 9 heteroatoms. The minimum atomic E-state index is -4.11. The second-order valence-corrected chi connectivity index (χ2v) is 9.65. The largest absolute Gasteiger partial charge is 0.243 e. The smallest absolute Gasteiger partial charge is 0.224 e. The van der Waals surface area contributed by atoms with Crippen LogP contribution in [0.3, 0.4) is 0 Å². The third kappa shape index (κ3) is 5.32. The summed E-state index contributed by atoms with van der Waals surface area (Å²) in [6, 6.07) is 2.70. The number of rotatable bonds is 7. The number of alkyl halides is 1. The third-order valence-electron chi connectivity index (χ3n) is 2.72. The molecule has 0 amide bonds. The maximum atomic E-state index is 13.7. The number of benzene rings is 1. The Kier molecular flexibility index (Phi) is 6.33. The average Bonchev–Trinajstić information content (AvgIpc) is 2.36. The number of hydrogen-bond donors (Lipinski definition) is 1. The molecule has 0 aliphatic heterocycles. The topological polar surface area (TPSA) is 80.3 Å². The van der Waals surface area contributed by atoms with Crippen molar-refractivity contribution in [2.75, 3.05) is 12.8 Å². The van der Waals surface area contributed by atoms with E-state index in [4.69, 9.17) is 0 Å². The van der Waals surface area contributed by atoms with E-state index in [0.29, 0.717) is 0 Å². The number of sulfonamides is 1. The molecule has 1 rings (SSSR count). The summed E-state index contributed by atoms with van der Waals surface area (Å²) in [6.45, 7) is 2.05. The first-order chi connectivity index (χ1) is 9.58. The van der Waals surface area contributed by atoms with E-state index in [0.717, 1.165) is 37.3 Å². The van der Waals surface area contributed by atoms with Crippen LogP contribution in [0.5, 0.6) is 0 Å². The van der Waals surface area contributed by atoms with E-state index in [-0.39, 0.29) is 16.3 Å². The summed E-state index contributed by atoms with van der Waals surface area (Å²) in [6.07, 6.45) is 2.56. The number of nitrogens with one attached hydrogen (secondary N) is 1. The summed E-state index contributed by atoms with van der Waals surface area (Å²) in [5.41, 5.74) is 0. The lowest BCUT2D eigenvalue weighted by atomic mass is 10.2. The van der Waals surface area contributed by atoms with Gasteiger partial charge in [-0.2, -0.15) is 0 Å². The maximum absolute atomic E-state index is 13.7. The van der Waals surface area contributed by atoms with Gasteiger partial charge in [-0.25, -0.2) is 25.9 Å². The van der Waals surface area contributed by atoms with E-state index in [2.05, 4.69) is 20.7 Å². The SMILES string of the molecule is CCCC(Br)CNS(=O)(=O)c1cc(S(C)(=O)=O)ccc1F. The van der Waals surface area contributed by atoms with Gasteiger partial charge in [0.25, 0.3) is 0 Å². The van der Waals surface area contributed by atoms with Gasteiger partial charge in [0.1, 0.15) is 10.7 Å². The fraction of sp³-hybridized carbons (Fsp3) is 0.500. The van der Waals surface area contributed by atoms with Crippen LogP contribution in [0.25, 0.3) is 0 Å². The van der Waals surface area contributed by atoms with E-state index in [1.54, 1.807) is 0 Å². The van der Waals surface area contributed by atoms with Crippen molar-refractivity contribution in [3.05, 3.63) is 24.0 Å². The molecule has 0 aliphatic carbocycles. The van der Waals surface area contributed by atoms with Gasteiger partial charge in [-0.3, -0.25) is 0 Å². The van der Waals surface area contributed by atoms with Gasteiger partial charge in [0.05, 0.1) is 4.90 Å². The Labute approximate surface area is 133 Å². The molecule has 1 N–H and O–H groups in total. The first-order valence-electron chi connectivity index (χ1n) is 6.21. The van der Waals surface area contributed by atoms with Gasteiger partial charge in [-0.15, -0.1) is 0 Å². The standard InChI is InChI=1S/C12H17BrFNO4S2/c1-3-4-9(13)8-15-21(18,19)12-7-10(20(2,16)17)5-6-11(12)14/h5-7,9,15H,3-4,8H2,1-2H3. The second-order valence-electron chi connectivity index (χ2n) is 4.60. The number of halogens is 2. The zero-order chi connectivity index (χ0) is 16.3. The quantitative estimate of drug-likeness (QED) is 0.560.